The van der Waals surface area contributed by atoms with Crippen molar-refractivity contribution in [2.75, 3.05) is 0 Å². The Kier molecular flexibility index (Phi) is 5.84. The number of halogens is 1. The summed E-state index contributed by atoms with van der Waals surface area (Å²) in [5.41, 5.74) is 4.84. The lowest BCUT2D eigenvalue weighted by Gasteiger charge is -2.15. The molecule has 0 amide bonds. The van der Waals surface area contributed by atoms with E-state index in [9.17, 15) is 0 Å². The smallest absolute Gasteiger partial charge is 0.164 e. The highest BCUT2D eigenvalue weighted by atomic mass is 35.5. The van der Waals surface area contributed by atoms with Crippen LogP contribution < -0.4 is 0 Å². The Morgan fingerprint density at radius 1 is 0.385 bits per heavy atom. The minimum atomic E-state index is 0.603. The molecule has 4 heteroatoms. The molecule has 39 heavy (non-hydrogen) atoms. The quantitative estimate of drug-likeness (QED) is 0.217. The second kappa shape index (κ2) is 9.79. The van der Waals surface area contributed by atoms with Crippen molar-refractivity contribution < 1.29 is 0 Å². The molecule has 0 bridgehead atoms. The third-order valence-electron chi connectivity index (χ3n) is 6.98. The van der Waals surface area contributed by atoms with E-state index < -0.39 is 0 Å². The minimum Gasteiger partial charge on any atom is -0.208 e. The van der Waals surface area contributed by atoms with E-state index >= 15 is 0 Å². The number of fused-ring (bicyclic) bond motifs is 3. The van der Waals surface area contributed by atoms with Gasteiger partial charge < -0.3 is 0 Å². The first-order valence-electron chi connectivity index (χ1n) is 12.8. The summed E-state index contributed by atoms with van der Waals surface area (Å²) >= 11 is 6.62. The molecule has 184 valence electrons. The van der Waals surface area contributed by atoms with Gasteiger partial charge in [0.15, 0.2) is 17.5 Å². The van der Waals surface area contributed by atoms with Gasteiger partial charge in [-0.1, -0.05) is 121 Å². The second-order valence-corrected chi connectivity index (χ2v) is 9.86. The zero-order chi connectivity index (χ0) is 26.2. The average Bonchev–Trinajstić information content (AvgIpc) is 3.01. The Labute approximate surface area is 231 Å². The van der Waals surface area contributed by atoms with Crippen LogP contribution in [0.2, 0.25) is 5.02 Å². The number of rotatable bonds is 4. The number of nitrogens with zero attached hydrogens (tertiary/aromatic N) is 3. The monoisotopic (exact) mass is 519 g/mol. The summed E-state index contributed by atoms with van der Waals surface area (Å²) in [6.07, 6.45) is 0. The number of benzene rings is 6. The molecule has 0 aliphatic heterocycles. The summed E-state index contributed by atoms with van der Waals surface area (Å²) in [5, 5.41) is 5.40. The molecule has 0 N–H and O–H groups in total. The number of aromatic nitrogens is 3. The Morgan fingerprint density at radius 2 is 0.923 bits per heavy atom. The van der Waals surface area contributed by atoms with Crippen LogP contribution in [-0.2, 0) is 0 Å². The molecule has 7 aromatic rings. The van der Waals surface area contributed by atoms with Crippen molar-refractivity contribution in [3.05, 3.63) is 138 Å². The Morgan fingerprint density at radius 3 is 1.59 bits per heavy atom. The molecule has 3 nitrogen and oxygen atoms in total. The molecule has 0 aliphatic carbocycles. The van der Waals surface area contributed by atoms with Crippen molar-refractivity contribution in [3.8, 4) is 45.3 Å². The molecule has 0 fully saturated rings. The SMILES string of the molecule is Clc1ccc(-c2nc(-c3ccccc3)nc(-c3ccccc3)n2)c(-c2cc3ccccc3c3ccccc23)c1. The summed E-state index contributed by atoms with van der Waals surface area (Å²) in [6.45, 7) is 0. The van der Waals surface area contributed by atoms with Crippen molar-refractivity contribution in [2.45, 2.75) is 0 Å². The van der Waals surface area contributed by atoms with Gasteiger partial charge in [-0.25, -0.2) is 15.0 Å². The largest absolute Gasteiger partial charge is 0.208 e. The molecule has 7 rings (SSSR count). The van der Waals surface area contributed by atoms with E-state index in [4.69, 9.17) is 26.6 Å². The molecular formula is C35H22ClN3. The van der Waals surface area contributed by atoms with E-state index in [0.717, 1.165) is 33.2 Å². The molecule has 0 spiro atoms. The Balaban J connectivity index is 1.52. The molecule has 0 aliphatic rings. The maximum absolute atomic E-state index is 6.62. The van der Waals surface area contributed by atoms with Gasteiger partial charge in [0.25, 0.3) is 0 Å². The molecule has 0 atom stereocenters. The first kappa shape index (κ1) is 23.3. The molecule has 0 saturated carbocycles. The van der Waals surface area contributed by atoms with Gasteiger partial charge in [0.2, 0.25) is 0 Å². The normalized spacial score (nSPS) is 11.2. The molecule has 6 aromatic carbocycles. The molecule has 0 radical (unpaired) electrons. The van der Waals surface area contributed by atoms with Gasteiger partial charge >= 0.3 is 0 Å². The highest BCUT2D eigenvalue weighted by Crippen LogP contribution is 2.40. The third-order valence-corrected chi connectivity index (χ3v) is 7.22. The number of hydrogen-bond acceptors (Lipinski definition) is 3. The van der Waals surface area contributed by atoms with Crippen molar-refractivity contribution in [3.63, 3.8) is 0 Å². The van der Waals surface area contributed by atoms with Crippen molar-refractivity contribution in [1.29, 1.82) is 0 Å². The van der Waals surface area contributed by atoms with Crippen LogP contribution in [0.4, 0.5) is 0 Å². The zero-order valence-corrected chi connectivity index (χ0v) is 21.7. The first-order chi connectivity index (χ1) is 19.2. The van der Waals surface area contributed by atoms with Gasteiger partial charge in [-0.15, -0.1) is 0 Å². The summed E-state index contributed by atoms with van der Waals surface area (Å²) in [4.78, 5) is 14.8. The van der Waals surface area contributed by atoms with Crippen molar-refractivity contribution in [1.82, 2.24) is 15.0 Å². The van der Waals surface area contributed by atoms with E-state index in [1.54, 1.807) is 0 Å². The van der Waals surface area contributed by atoms with Crippen LogP contribution in [0.15, 0.2) is 133 Å². The van der Waals surface area contributed by atoms with Gasteiger partial charge in [-0.3, -0.25) is 0 Å². The van der Waals surface area contributed by atoms with Crippen LogP contribution in [0.3, 0.4) is 0 Å². The van der Waals surface area contributed by atoms with Gasteiger partial charge in [-0.2, -0.15) is 0 Å². The molecule has 0 saturated heterocycles. The molecule has 1 heterocycles. The molecule has 1 aromatic heterocycles. The number of hydrogen-bond donors (Lipinski definition) is 0. The van der Waals surface area contributed by atoms with E-state index in [1.165, 1.54) is 16.2 Å². The predicted molar refractivity (Wildman–Crippen MR) is 162 cm³/mol. The molecule has 0 unspecified atom stereocenters. The first-order valence-corrected chi connectivity index (χ1v) is 13.2. The third kappa shape index (κ3) is 4.33. The van der Waals surface area contributed by atoms with Crippen molar-refractivity contribution >= 4 is 33.1 Å². The summed E-state index contributed by atoms with van der Waals surface area (Å²) in [7, 11) is 0. The van der Waals surface area contributed by atoms with Crippen LogP contribution in [0.5, 0.6) is 0 Å². The van der Waals surface area contributed by atoms with E-state index in [2.05, 4.69) is 54.6 Å². The van der Waals surface area contributed by atoms with Gasteiger partial charge in [0.05, 0.1) is 0 Å². The fourth-order valence-electron chi connectivity index (χ4n) is 5.14. The van der Waals surface area contributed by atoms with Gasteiger partial charge in [0, 0.05) is 21.7 Å². The Hall–Kier alpha value is -4.86. The zero-order valence-electron chi connectivity index (χ0n) is 20.9. The maximum atomic E-state index is 6.62. The average molecular weight is 520 g/mol. The van der Waals surface area contributed by atoms with Crippen LogP contribution in [0.25, 0.3) is 66.8 Å². The summed E-state index contributed by atoms with van der Waals surface area (Å²) in [6, 6.07) is 45.2. The highest BCUT2D eigenvalue weighted by molar-refractivity contribution is 6.31. The van der Waals surface area contributed by atoms with Gasteiger partial charge in [-0.05, 0) is 56.9 Å². The summed E-state index contributed by atoms with van der Waals surface area (Å²) in [5.74, 6) is 1.86. The van der Waals surface area contributed by atoms with E-state index in [1.807, 2.05) is 78.9 Å². The van der Waals surface area contributed by atoms with Crippen molar-refractivity contribution in [2.24, 2.45) is 0 Å². The highest BCUT2D eigenvalue weighted by Gasteiger charge is 2.18. The lowest BCUT2D eigenvalue weighted by Crippen LogP contribution is -2.01. The fraction of sp³-hybridized carbons (Fsp3) is 0. The lowest BCUT2D eigenvalue weighted by molar-refractivity contribution is 1.07. The second-order valence-electron chi connectivity index (χ2n) is 9.42. The Bertz CT molecular complexity index is 1910. The fourth-order valence-corrected chi connectivity index (χ4v) is 5.31. The minimum absolute atomic E-state index is 0.603. The van der Waals surface area contributed by atoms with Crippen LogP contribution in [-0.4, -0.2) is 15.0 Å². The maximum Gasteiger partial charge on any atom is 0.164 e. The summed E-state index contributed by atoms with van der Waals surface area (Å²) < 4.78 is 0. The molecular weight excluding hydrogens is 498 g/mol. The van der Waals surface area contributed by atoms with E-state index in [0.29, 0.717) is 22.5 Å². The van der Waals surface area contributed by atoms with Crippen LogP contribution in [0, 0.1) is 0 Å². The predicted octanol–water partition coefficient (Wildman–Crippen LogP) is 9.50. The van der Waals surface area contributed by atoms with Crippen LogP contribution >= 0.6 is 11.6 Å². The van der Waals surface area contributed by atoms with Crippen LogP contribution in [0.1, 0.15) is 0 Å². The standard InChI is InChI=1S/C35H22ClN3/c36-26-19-20-30(32(22-26)31-21-25-15-7-8-16-27(25)28-17-9-10-18-29(28)31)35-38-33(23-11-3-1-4-12-23)37-34(39-35)24-13-5-2-6-14-24/h1-22H. The van der Waals surface area contributed by atoms with E-state index in [-0.39, 0.29) is 0 Å². The topological polar surface area (TPSA) is 38.7 Å². The van der Waals surface area contributed by atoms with Gasteiger partial charge in [0.1, 0.15) is 0 Å². The lowest BCUT2D eigenvalue weighted by atomic mass is 9.91.